The Labute approximate surface area is 107 Å². The number of ketones is 1. The van der Waals surface area contributed by atoms with E-state index < -0.39 is 0 Å². The van der Waals surface area contributed by atoms with Gasteiger partial charge in [-0.1, -0.05) is 38.1 Å². The lowest BCUT2D eigenvalue weighted by atomic mass is 9.99. The third-order valence-corrected chi connectivity index (χ3v) is 3.49. The van der Waals surface area contributed by atoms with E-state index >= 15 is 0 Å². The smallest absolute Gasteiger partial charge is 0.309 e. The molecule has 1 aliphatic rings. The number of hydrogen-bond acceptors (Lipinski definition) is 3. The third-order valence-electron chi connectivity index (χ3n) is 3.49. The van der Waals surface area contributed by atoms with E-state index in [1.165, 1.54) is 12.7 Å². The Bertz CT molecular complexity index is 459. The van der Waals surface area contributed by atoms with Crippen molar-refractivity contribution in [2.45, 2.75) is 26.2 Å². The van der Waals surface area contributed by atoms with E-state index in [0.29, 0.717) is 17.9 Å². The number of rotatable bonds is 4. The van der Waals surface area contributed by atoms with Gasteiger partial charge in [0.2, 0.25) is 0 Å². The molecule has 0 amide bonds. The molecule has 2 atom stereocenters. The first-order valence-corrected chi connectivity index (χ1v) is 6.26. The maximum Gasteiger partial charge on any atom is 0.309 e. The molecule has 0 saturated heterocycles. The minimum absolute atomic E-state index is 0.0562. The molecule has 0 radical (unpaired) electrons. The second-order valence-electron chi connectivity index (χ2n) is 5.11. The summed E-state index contributed by atoms with van der Waals surface area (Å²) in [5.74, 6) is -0.166. The van der Waals surface area contributed by atoms with E-state index in [1.54, 1.807) is 0 Å². The van der Waals surface area contributed by atoms with Crippen LogP contribution in [0, 0.1) is 11.8 Å². The molecule has 3 heteroatoms. The maximum absolute atomic E-state index is 12.1. The highest BCUT2D eigenvalue weighted by Crippen LogP contribution is 2.41. The van der Waals surface area contributed by atoms with Gasteiger partial charge in [0.05, 0.1) is 13.0 Å². The molecule has 18 heavy (non-hydrogen) atoms. The van der Waals surface area contributed by atoms with E-state index in [4.69, 9.17) is 0 Å². The summed E-state index contributed by atoms with van der Waals surface area (Å²) in [5, 5.41) is 0. The van der Waals surface area contributed by atoms with Crippen LogP contribution in [0.3, 0.4) is 0 Å². The number of hydrogen-bond donors (Lipinski definition) is 0. The van der Waals surface area contributed by atoms with Crippen LogP contribution < -0.4 is 0 Å². The standard InChI is InChI=1S/C15H18O3/c1-9(2)10-4-6-11(7-5-10)14(16)12-8-13(12)15(17)18-3/h4-7,9,12-13H,8H2,1-3H3/t12-,13-/m1/s1. The van der Waals surface area contributed by atoms with Crippen molar-refractivity contribution in [2.24, 2.45) is 11.8 Å². The van der Waals surface area contributed by atoms with Crippen LogP contribution in [0.5, 0.6) is 0 Å². The molecule has 0 bridgehead atoms. The molecule has 0 aliphatic heterocycles. The van der Waals surface area contributed by atoms with Gasteiger partial charge >= 0.3 is 5.97 Å². The number of methoxy groups -OCH3 is 1. The number of carbonyl (C=O) groups excluding carboxylic acids is 2. The molecule has 0 aromatic heterocycles. The lowest BCUT2D eigenvalue weighted by Gasteiger charge is -2.06. The lowest BCUT2D eigenvalue weighted by molar-refractivity contribution is -0.142. The van der Waals surface area contributed by atoms with Gasteiger partial charge in [0.15, 0.2) is 5.78 Å². The van der Waals surface area contributed by atoms with E-state index in [0.717, 1.165) is 0 Å². The third kappa shape index (κ3) is 2.45. The van der Waals surface area contributed by atoms with Crippen LogP contribution in [-0.2, 0) is 9.53 Å². The molecule has 1 fully saturated rings. The Morgan fingerprint density at radius 2 is 1.78 bits per heavy atom. The fourth-order valence-corrected chi connectivity index (χ4v) is 2.14. The molecule has 0 spiro atoms. The first-order chi connectivity index (χ1) is 8.54. The molecule has 1 saturated carbocycles. The summed E-state index contributed by atoms with van der Waals surface area (Å²) in [5.41, 5.74) is 1.91. The van der Waals surface area contributed by atoms with E-state index in [9.17, 15) is 9.59 Å². The van der Waals surface area contributed by atoms with Crippen molar-refractivity contribution < 1.29 is 14.3 Å². The highest BCUT2D eigenvalue weighted by molar-refractivity contribution is 6.02. The molecule has 0 N–H and O–H groups in total. The average molecular weight is 246 g/mol. The Kier molecular flexibility index (Phi) is 3.50. The van der Waals surface area contributed by atoms with Gasteiger partial charge in [-0.25, -0.2) is 0 Å². The van der Waals surface area contributed by atoms with Gasteiger partial charge in [-0.3, -0.25) is 9.59 Å². The van der Waals surface area contributed by atoms with Gasteiger partial charge in [0.25, 0.3) is 0 Å². The first-order valence-electron chi connectivity index (χ1n) is 6.26. The summed E-state index contributed by atoms with van der Waals surface area (Å²) < 4.78 is 4.65. The summed E-state index contributed by atoms with van der Waals surface area (Å²) in [4.78, 5) is 23.4. The average Bonchev–Trinajstić information content (AvgIpc) is 3.17. The number of ether oxygens (including phenoxy) is 1. The van der Waals surface area contributed by atoms with Crippen molar-refractivity contribution in [1.29, 1.82) is 0 Å². The predicted molar refractivity (Wildman–Crippen MR) is 68.5 cm³/mol. The molecule has 0 unspecified atom stereocenters. The largest absolute Gasteiger partial charge is 0.469 e. The molecular weight excluding hydrogens is 228 g/mol. The van der Waals surface area contributed by atoms with Gasteiger partial charge in [0, 0.05) is 11.5 Å². The van der Waals surface area contributed by atoms with Crippen LogP contribution in [0.25, 0.3) is 0 Å². The lowest BCUT2D eigenvalue weighted by Crippen LogP contribution is -2.10. The summed E-state index contributed by atoms with van der Waals surface area (Å²) in [6.45, 7) is 4.23. The number of benzene rings is 1. The highest BCUT2D eigenvalue weighted by atomic mass is 16.5. The molecule has 0 heterocycles. The van der Waals surface area contributed by atoms with Gasteiger partial charge < -0.3 is 4.74 Å². The molecule has 2 rings (SSSR count). The van der Waals surface area contributed by atoms with Crippen LogP contribution in [0.4, 0.5) is 0 Å². The van der Waals surface area contributed by atoms with Crippen molar-refractivity contribution in [2.75, 3.05) is 7.11 Å². The highest BCUT2D eigenvalue weighted by Gasteiger charge is 2.48. The van der Waals surface area contributed by atoms with E-state index in [2.05, 4.69) is 18.6 Å². The van der Waals surface area contributed by atoms with Crippen molar-refractivity contribution >= 4 is 11.8 Å². The topological polar surface area (TPSA) is 43.4 Å². The molecule has 96 valence electrons. The predicted octanol–water partition coefficient (Wildman–Crippen LogP) is 2.80. The summed E-state index contributed by atoms with van der Waals surface area (Å²) >= 11 is 0. The zero-order valence-corrected chi connectivity index (χ0v) is 11.0. The normalized spacial score (nSPS) is 21.8. The van der Waals surface area contributed by atoms with Gasteiger partial charge in [-0.05, 0) is 17.9 Å². The zero-order chi connectivity index (χ0) is 13.3. The number of Topliss-reactive ketones (excluding diaryl/α,β-unsaturated/α-hetero) is 1. The molecule has 1 aromatic rings. The Morgan fingerprint density at radius 3 is 2.28 bits per heavy atom. The minimum atomic E-state index is -0.271. The zero-order valence-electron chi connectivity index (χ0n) is 11.0. The molecule has 3 nitrogen and oxygen atoms in total. The van der Waals surface area contributed by atoms with Crippen LogP contribution in [0.15, 0.2) is 24.3 Å². The molecular formula is C15H18O3. The Hall–Kier alpha value is -1.64. The minimum Gasteiger partial charge on any atom is -0.469 e. The summed E-state index contributed by atoms with van der Waals surface area (Å²) in [6.07, 6.45) is 0.622. The van der Waals surface area contributed by atoms with Crippen molar-refractivity contribution in [3.63, 3.8) is 0 Å². The van der Waals surface area contributed by atoms with E-state index in [-0.39, 0.29) is 23.6 Å². The quantitative estimate of drug-likeness (QED) is 0.606. The van der Waals surface area contributed by atoms with Gasteiger partial charge in [-0.2, -0.15) is 0 Å². The Balaban J connectivity index is 2.05. The van der Waals surface area contributed by atoms with Crippen LogP contribution >= 0.6 is 0 Å². The van der Waals surface area contributed by atoms with Crippen molar-refractivity contribution in [3.05, 3.63) is 35.4 Å². The van der Waals surface area contributed by atoms with Crippen LogP contribution in [0.2, 0.25) is 0 Å². The van der Waals surface area contributed by atoms with Gasteiger partial charge in [0.1, 0.15) is 0 Å². The first kappa shape index (κ1) is 12.8. The number of esters is 1. The summed E-state index contributed by atoms with van der Waals surface area (Å²) in [7, 11) is 1.36. The SMILES string of the molecule is COC(=O)[C@@H]1C[C@H]1C(=O)c1ccc(C(C)C)cc1. The van der Waals surface area contributed by atoms with E-state index in [1.807, 2.05) is 24.3 Å². The van der Waals surface area contributed by atoms with Crippen molar-refractivity contribution in [1.82, 2.24) is 0 Å². The fourth-order valence-electron chi connectivity index (χ4n) is 2.14. The second-order valence-corrected chi connectivity index (χ2v) is 5.11. The van der Waals surface area contributed by atoms with Crippen LogP contribution in [0.1, 0.15) is 42.1 Å². The fraction of sp³-hybridized carbons (Fsp3) is 0.467. The van der Waals surface area contributed by atoms with Gasteiger partial charge in [-0.15, -0.1) is 0 Å². The van der Waals surface area contributed by atoms with Crippen LogP contribution in [-0.4, -0.2) is 18.9 Å². The molecule has 1 aromatic carbocycles. The Morgan fingerprint density at radius 1 is 1.17 bits per heavy atom. The summed E-state index contributed by atoms with van der Waals surface area (Å²) in [6, 6.07) is 7.66. The molecule has 1 aliphatic carbocycles. The number of carbonyl (C=O) groups is 2. The monoisotopic (exact) mass is 246 g/mol. The van der Waals surface area contributed by atoms with Crippen molar-refractivity contribution in [3.8, 4) is 0 Å². The maximum atomic E-state index is 12.1. The second kappa shape index (κ2) is 4.92.